The van der Waals surface area contributed by atoms with E-state index < -0.39 is 0 Å². The molecule has 0 spiro atoms. The second kappa shape index (κ2) is 8.84. The minimum Gasteiger partial charge on any atom is -0.177 e. The highest BCUT2D eigenvalue weighted by Crippen LogP contribution is 1.83. The van der Waals surface area contributed by atoms with E-state index in [9.17, 15) is 0 Å². The zero-order valence-corrected chi connectivity index (χ0v) is 4.81. The molecule has 0 aromatic carbocycles. The summed E-state index contributed by atoms with van der Waals surface area (Å²) in [5, 5.41) is 12.5. The lowest BCUT2D eigenvalue weighted by molar-refractivity contribution is 1.13. The number of hydrogen-bond acceptors (Lipinski definition) is 3. The third-order valence-corrected chi connectivity index (χ3v) is 0. The van der Waals surface area contributed by atoms with Crippen molar-refractivity contribution in [1.82, 2.24) is 0 Å². The van der Waals surface area contributed by atoms with Gasteiger partial charge in [0, 0.05) is 10.8 Å². The van der Waals surface area contributed by atoms with Crippen LogP contribution in [-0.4, -0.2) is 5.25 Å². The molecular formula is C3H8N2S. The van der Waals surface area contributed by atoms with Gasteiger partial charge in [0.2, 0.25) is 0 Å². The quantitative estimate of drug-likeness (QED) is 0.372. The van der Waals surface area contributed by atoms with Crippen LogP contribution in [0.1, 0.15) is 13.8 Å². The third kappa shape index (κ3) is 547. The fourth-order valence-corrected chi connectivity index (χ4v) is 0. The van der Waals surface area contributed by atoms with Gasteiger partial charge in [-0.15, -0.1) is 0 Å². The lowest BCUT2D eigenvalue weighted by Gasteiger charge is -1.78. The number of hydrogen-bond donors (Lipinski definition) is 1. The van der Waals surface area contributed by atoms with E-state index in [-0.39, 0.29) is 0 Å². The molecule has 0 bridgehead atoms. The highest BCUT2D eigenvalue weighted by atomic mass is 32.1. The largest absolute Gasteiger partial charge is 0.177 e. The summed E-state index contributed by atoms with van der Waals surface area (Å²) in [5.74, 6) is 0. The van der Waals surface area contributed by atoms with Gasteiger partial charge in [-0.3, -0.25) is 0 Å². The van der Waals surface area contributed by atoms with Crippen LogP contribution in [0.15, 0.2) is 0 Å². The molecule has 0 N–H and O–H groups in total. The summed E-state index contributed by atoms with van der Waals surface area (Å²) in [6.45, 7) is 4.06. The molecule has 0 rings (SSSR count). The minimum absolute atomic E-state index is 0.528. The molecule has 0 fully saturated rings. The zero-order chi connectivity index (χ0) is 5.58. The van der Waals surface area contributed by atoms with Crippen LogP contribution in [0.4, 0.5) is 0 Å². The summed E-state index contributed by atoms with van der Waals surface area (Å²) in [6.07, 6.45) is 0. The Morgan fingerprint density at radius 1 is 1.33 bits per heavy atom. The molecule has 3 heteroatoms. The summed E-state index contributed by atoms with van der Waals surface area (Å²) in [6, 6.07) is 0. The van der Waals surface area contributed by atoms with Crippen molar-refractivity contribution in [2.24, 2.45) is 0 Å². The van der Waals surface area contributed by atoms with E-state index in [1.165, 1.54) is 0 Å². The fourth-order valence-electron chi connectivity index (χ4n) is 0. The van der Waals surface area contributed by atoms with Crippen LogP contribution in [0.25, 0.3) is 0 Å². The molecule has 36 valence electrons. The predicted octanol–water partition coefficient (Wildman–Crippen LogP) is 1.35. The summed E-state index contributed by atoms with van der Waals surface area (Å²) in [4.78, 5) is 0. The van der Waals surface area contributed by atoms with Crippen molar-refractivity contribution in [3.8, 4) is 0 Å². The molecule has 0 aliphatic rings. The monoisotopic (exact) mass is 104 g/mol. The van der Waals surface area contributed by atoms with Crippen LogP contribution in [0.3, 0.4) is 0 Å². The standard InChI is InChI=1S/C3H8S.N2/c1-3(2)4;1-2/h3-4H,1-2H3;. The second-order valence-electron chi connectivity index (χ2n) is 1.09. The van der Waals surface area contributed by atoms with E-state index in [0.29, 0.717) is 5.25 Å². The average Bonchev–Trinajstić information content (AvgIpc) is 1.41. The van der Waals surface area contributed by atoms with E-state index in [1.807, 2.05) is 13.8 Å². The molecule has 0 aromatic heterocycles. The van der Waals surface area contributed by atoms with Crippen LogP contribution in [0, 0.1) is 10.8 Å². The van der Waals surface area contributed by atoms with Gasteiger partial charge in [-0.1, -0.05) is 13.8 Å². The molecule has 0 radical (unpaired) electrons. The zero-order valence-electron chi connectivity index (χ0n) is 3.92. The Morgan fingerprint density at radius 3 is 1.33 bits per heavy atom. The first-order valence-electron chi connectivity index (χ1n) is 1.61. The van der Waals surface area contributed by atoms with Crippen molar-refractivity contribution in [2.45, 2.75) is 19.1 Å². The Bertz CT molecular complexity index is 30.3. The first-order chi connectivity index (χ1) is 2.73. The molecule has 0 aliphatic heterocycles. The highest BCUT2D eigenvalue weighted by Gasteiger charge is 1.69. The van der Waals surface area contributed by atoms with Crippen molar-refractivity contribution in [2.75, 3.05) is 0 Å². The maximum absolute atomic E-state index is 6.00. The van der Waals surface area contributed by atoms with Gasteiger partial charge in [-0.25, -0.2) is 0 Å². The molecule has 0 amide bonds. The van der Waals surface area contributed by atoms with Gasteiger partial charge in [-0.05, 0) is 5.25 Å². The molecule has 6 heavy (non-hydrogen) atoms. The summed E-state index contributed by atoms with van der Waals surface area (Å²) in [5.41, 5.74) is 0. The lowest BCUT2D eigenvalue weighted by Crippen LogP contribution is -1.71. The fraction of sp³-hybridized carbons (Fsp3) is 1.00. The second-order valence-corrected chi connectivity index (χ2v) is 2.13. The molecular weight excluding hydrogens is 96.1 g/mol. The number of thiol groups is 1. The van der Waals surface area contributed by atoms with Crippen molar-refractivity contribution in [3.63, 3.8) is 0 Å². The topological polar surface area (TPSA) is 47.6 Å². The van der Waals surface area contributed by atoms with Crippen LogP contribution in [-0.2, 0) is 0 Å². The van der Waals surface area contributed by atoms with Gasteiger partial charge in [-0.2, -0.15) is 12.6 Å². The van der Waals surface area contributed by atoms with Crippen molar-refractivity contribution < 1.29 is 0 Å². The van der Waals surface area contributed by atoms with E-state index in [1.54, 1.807) is 0 Å². The molecule has 0 saturated carbocycles. The van der Waals surface area contributed by atoms with Crippen LogP contribution < -0.4 is 0 Å². The van der Waals surface area contributed by atoms with Crippen molar-refractivity contribution in [3.05, 3.63) is 0 Å². The van der Waals surface area contributed by atoms with Gasteiger partial charge in [0.15, 0.2) is 0 Å². The molecule has 0 unspecified atom stereocenters. The smallest absolute Gasteiger partial charge is 0 e. The maximum atomic E-state index is 6.00. The lowest BCUT2D eigenvalue weighted by atomic mass is 10.6. The van der Waals surface area contributed by atoms with Gasteiger partial charge in [0.1, 0.15) is 0 Å². The van der Waals surface area contributed by atoms with Gasteiger partial charge in [0.05, 0.1) is 0 Å². The SMILES string of the molecule is CC(C)S.N#N. The Hall–Kier alpha value is -0.230. The average molecular weight is 104 g/mol. The number of rotatable bonds is 0. The Labute approximate surface area is 43.4 Å². The van der Waals surface area contributed by atoms with E-state index in [4.69, 9.17) is 10.8 Å². The number of nitrogens with zero attached hydrogens (tertiary/aromatic N) is 2. The van der Waals surface area contributed by atoms with Gasteiger partial charge < -0.3 is 0 Å². The predicted molar refractivity (Wildman–Crippen MR) is 27.6 cm³/mol. The first kappa shape index (κ1) is 9.24. The Morgan fingerprint density at radius 2 is 1.33 bits per heavy atom. The summed E-state index contributed by atoms with van der Waals surface area (Å²) < 4.78 is 0. The van der Waals surface area contributed by atoms with Gasteiger partial charge in [0.25, 0.3) is 0 Å². The van der Waals surface area contributed by atoms with Crippen LogP contribution in [0.2, 0.25) is 0 Å². The van der Waals surface area contributed by atoms with Gasteiger partial charge >= 0.3 is 0 Å². The summed E-state index contributed by atoms with van der Waals surface area (Å²) >= 11 is 3.97. The summed E-state index contributed by atoms with van der Waals surface area (Å²) in [7, 11) is 0. The molecule has 2 nitrogen and oxygen atoms in total. The minimum atomic E-state index is 0.528. The van der Waals surface area contributed by atoms with Crippen LogP contribution in [0.5, 0.6) is 0 Å². The Kier molecular flexibility index (Phi) is 13.6. The normalized spacial score (nSPS) is 6.33. The molecule has 0 saturated heterocycles. The maximum Gasteiger partial charge on any atom is 0 e. The van der Waals surface area contributed by atoms with E-state index in [2.05, 4.69) is 12.6 Å². The molecule has 0 heterocycles. The first-order valence-corrected chi connectivity index (χ1v) is 2.13. The molecule has 0 aliphatic carbocycles. The van der Waals surface area contributed by atoms with Crippen molar-refractivity contribution >= 4 is 12.6 Å². The van der Waals surface area contributed by atoms with Crippen LogP contribution >= 0.6 is 12.6 Å². The van der Waals surface area contributed by atoms with Crippen molar-refractivity contribution in [1.29, 1.82) is 10.8 Å². The highest BCUT2D eigenvalue weighted by molar-refractivity contribution is 7.80. The Balaban J connectivity index is 0. The van der Waals surface area contributed by atoms with E-state index >= 15 is 0 Å². The molecule has 0 aromatic rings. The third-order valence-electron chi connectivity index (χ3n) is 0. The molecule has 0 atom stereocenters. The van der Waals surface area contributed by atoms with E-state index in [0.717, 1.165) is 0 Å².